The van der Waals surface area contributed by atoms with Crippen molar-refractivity contribution in [2.45, 2.75) is 12.6 Å². The Labute approximate surface area is 183 Å². The van der Waals surface area contributed by atoms with Crippen LogP contribution in [0.4, 0.5) is 18.9 Å². The number of ether oxygens (including phenoxy) is 1. The van der Waals surface area contributed by atoms with Gasteiger partial charge in [-0.25, -0.2) is 0 Å². The van der Waals surface area contributed by atoms with Crippen molar-refractivity contribution in [3.8, 4) is 0 Å². The fourth-order valence-corrected chi connectivity index (χ4v) is 3.92. The van der Waals surface area contributed by atoms with E-state index in [1.807, 2.05) is 18.2 Å². The molecule has 1 amide bonds. The van der Waals surface area contributed by atoms with E-state index in [4.69, 9.17) is 4.74 Å². The van der Waals surface area contributed by atoms with Gasteiger partial charge in [0.2, 0.25) is 0 Å². The molecule has 0 aliphatic heterocycles. The average Bonchev–Trinajstić information content (AvgIpc) is 2.79. The number of aromatic nitrogens is 1. The number of halogens is 3. The first kappa shape index (κ1) is 21.8. The summed E-state index contributed by atoms with van der Waals surface area (Å²) < 4.78 is 46.4. The van der Waals surface area contributed by atoms with Gasteiger partial charge in [0, 0.05) is 30.3 Å². The van der Waals surface area contributed by atoms with Crippen LogP contribution in [-0.2, 0) is 10.9 Å². The summed E-state index contributed by atoms with van der Waals surface area (Å²) in [5.74, 6) is -0.759. The minimum Gasteiger partial charge on any atom is -0.384 e. The number of carbonyl (C=O) groups is 1. The lowest BCUT2D eigenvalue weighted by atomic mass is 9.96. The lowest BCUT2D eigenvalue weighted by Gasteiger charge is -2.30. The van der Waals surface area contributed by atoms with Crippen molar-refractivity contribution in [1.29, 1.82) is 0 Å². The molecule has 4 nitrogen and oxygen atoms in total. The molecule has 1 aliphatic carbocycles. The van der Waals surface area contributed by atoms with Crippen molar-refractivity contribution >= 4 is 22.5 Å². The van der Waals surface area contributed by atoms with E-state index in [1.54, 1.807) is 43.7 Å². The molecule has 0 radical (unpaired) electrons. The third-order valence-electron chi connectivity index (χ3n) is 5.33. The minimum atomic E-state index is -4.66. The number of amides is 1. The van der Waals surface area contributed by atoms with Gasteiger partial charge in [-0.1, -0.05) is 42.5 Å². The molecule has 32 heavy (non-hydrogen) atoms. The van der Waals surface area contributed by atoms with E-state index in [0.29, 0.717) is 29.9 Å². The maximum Gasteiger partial charge on any atom is 0.417 e. The summed E-state index contributed by atoms with van der Waals surface area (Å²) in [7, 11) is 1.59. The predicted molar refractivity (Wildman–Crippen MR) is 117 cm³/mol. The van der Waals surface area contributed by atoms with Gasteiger partial charge in [-0.2, -0.15) is 13.2 Å². The van der Waals surface area contributed by atoms with E-state index in [0.717, 1.165) is 11.5 Å². The summed E-state index contributed by atoms with van der Waals surface area (Å²) in [5.41, 5.74) is 0.166. The number of para-hydroxylation sites is 1. The normalized spacial score (nSPS) is 16.1. The number of hydrogen-bond donors (Lipinski definition) is 0. The molecule has 4 rings (SSSR count). The number of carbonyl (C=O) groups excluding carboxylic acids is 1. The fraction of sp³-hybridized carbons (Fsp3) is 0.200. The zero-order valence-corrected chi connectivity index (χ0v) is 17.3. The number of fused-ring (bicyclic) bond motifs is 1. The second-order valence-corrected chi connectivity index (χ2v) is 7.50. The summed E-state index contributed by atoms with van der Waals surface area (Å²) in [4.78, 5) is 19.5. The van der Waals surface area contributed by atoms with E-state index in [-0.39, 0.29) is 5.92 Å². The predicted octanol–water partition coefficient (Wildman–Crippen LogP) is 6.01. The van der Waals surface area contributed by atoms with Crippen LogP contribution >= 0.6 is 0 Å². The molecule has 0 N–H and O–H groups in total. The Bertz CT molecular complexity index is 1200. The molecular weight excluding hydrogens is 417 g/mol. The molecule has 0 saturated heterocycles. The maximum absolute atomic E-state index is 13.7. The molecule has 2 aromatic carbocycles. The lowest BCUT2D eigenvalue weighted by molar-refractivity contribution is -0.137. The molecule has 1 atom stereocenters. The molecule has 1 unspecified atom stereocenters. The van der Waals surface area contributed by atoms with Crippen LogP contribution in [0, 0.1) is 5.92 Å². The highest BCUT2D eigenvalue weighted by atomic mass is 19.4. The minimum absolute atomic E-state index is 0.00362. The standard InChI is InChI=1S/C25H21F3N2O2/c1-32-16-17-7-4-10-19(15-17)30(22-13-5-8-18-9-6-14-29-23(18)22)24(31)20-11-2-3-12-21(20)25(26,27)28/h2-14,17H,15-16H2,1H3. The molecule has 1 aromatic heterocycles. The van der Waals surface area contributed by atoms with Crippen LogP contribution in [0.25, 0.3) is 10.9 Å². The lowest BCUT2D eigenvalue weighted by Crippen LogP contribution is -2.34. The van der Waals surface area contributed by atoms with E-state index < -0.39 is 23.2 Å². The van der Waals surface area contributed by atoms with Gasteiger partial charge in [0.1, 0.15) is 0 Å². The zero-order valence-electron chi connectivity index (χ0n) is 17.3. The van der Waals surface area contributed by atoms with Crippen LogP contribution in [0.1, 0.15) is 22.3 Å². The number of hydrogen-bond acceptors (Lipinski definition) is 3. The molecule has 0 spiro atoms. The van der Waals surface area contributed by atoms with Gasteiger partial charge in [-0.3, -0.25) is 14.7 Å². The van der Waals surface area contributed by atoms with Crippen molar-refractivity contribution in [3.05, 3.63) is 95.8 Å². The molecule has 7 heteroatoms. The fourth-order valence-electron chi connectivity index (χ4n) is 3.92. The van der Waals surface area contributed by atoms with Crippen LogP contribution in [0.15, 0.2) is 84.7 Å². The van der Waals surface area contributed by atoms with Crippen molar-refractivity contribution in [2.75, 3.05) is 18.6 Å². The van der Waals surface area contributed by atoms with Crippen molar-refractivity contribution in [3.63, 3.8) is 0 Å². The highest BCUT2D eigenvalue weighted by Crippen LogP contribution is 2.37. The smallest absolute Gasteiger partial charge is 0.384 e. The zero-order chi connectivity index (χ0) is 22.7. The molecule has 164 valence electrons. The first-order valence-electron chi connectivity index (χ1n) is 10.1. The Morgan fingerprint density at radius 2 is 1.91 bits per heavy atom. The third kappa shape index (κ3) is 4.29. The second kappa shape index (κ2) is 8.96. The molecule has 3 aromatic rings. The third-order valence-corrected chi connectivity index (χ3v) is 5.33. The molecule has 1 heterocycles. The van der Waals surface area contributed by atoms with E-state index in [2.05, 4.69) is 4.98 Å². The number of rotatable bonds is 5. The Morgan fingerprint density at radius 3 is 2.69 bits per heavy atom. The molecule has 0 saturated carbocycles. The van der Waals surface area contributed by atoms with Crippen LogP contribution < -0.4 is 4.90 Å². The summed E-state index contributed by atoms with van der Waals surface area (Å²) in [5, 5.41) is 0.785. The Hall–Kier alpha value is -3.45. The number of allylic oxidation sites excluding steroid dienone is 3. The van der Waals surface area contributed by atoms with Gasteiger partial charge in [0.15, 0.2) is 0 Å². The second-order valence-electron chi connectivity index (χ2n) is 7.50. The molecule has 1 aliphatic rings. The van der Waals surface area contributed by atoms with E-state index in [9.17, 15) is 18.0 Å². The van der Waals surface area contributed by atoms with Gasteiger partial charge in [-0.05, 0) is 36.8 Å². The van der Waals surface area contributed by atoms with Crippen LogP contribution in [0.2, 0.25) is 0 Å². The summed E-state index contributed by atoms with van der Waals surface area (Å²) in [6.45, 7) is 0.433. The first-order valence-corrected chi connectivity index (χ1v) is 10.1. The number of methoxy groups -OCH3 is 1. The first-order chi connectivity index (χ1) is 15.4. The van der Waals surface area contributed by atoms with Crippen molar-refractivity contribution in [2.24, 2.45) is 5.92 Å². The quantitative estimate of drug-likeness (QED) is 0.490. The number of nitrogens with zero attached hydrogens (tertiary/aromatic N) is 2. The highest BCUT2D eigenvalue weighted by Gasteiger charge is 2.37. The summed E-state index contributed by atoms with van der Waals surface area (Å²) in [6.07, 6.45) is 2.89. The molecule has 0 bridgehead atoms. The van der Waals surface area contributed by atoms with Gasteiger partial charge < -0.3 is 4.74 Å². The Morgan fingerprint density at radius 1 is 1.12 bits per heavy atom. The highest BCUT2D eigenvalue weighted by molar-refractivity contribution is 6.12. The Kier molecular flexibility index (Phi) is 6.10. The van der Waals surface area contributed by atoms with Crippen molar-refractivity contribution in [1.82, 2.24) is 4.98 Å². The number of alkyl halides is 3. The topological polar surface area (TPSA) is 42.4 Å². The largest absolute Gasteiger partial charge is 0.417 e. The van der Waals surface area contributed by atoms with Crippen molar-refractivity contribution < 1.29 is 22.7 Å². The number of pyridine rings is 1. The number of anilines is 1. The summed E-state index contributed by atoms with van der Waals surface area (Å²) >= 11 is 0. The maximum atomic E-state index is 13.7. The number of benzene rings is 2. The average molecular weight is 438 g/mol. The van der Waals surface area contributed by atoms with Gasteiger partial charge in [0.25, 0.3) is 5.91 Å². The van der Waals surface area contributed by atoms with Gasteiger partial charge in [0.05, 0.1) is 28.9 Å². The van der Waals surface area contributed by atoms with Gasteiger partial charge >= 0.3 is 6.18 Å². The monoisotopic (exact) mass is 438 g/mol. The van der Waals surface area contributed by atoms with Gasteiger partial charge in [-0.15, -0.1) is 0 Å². The Balaban J connectivity index is 1.89. The molecule has 0 fully saturated rings. The van der Waals surface area contributed by atoms with Crippen LogP contribution in [0.5, 0.6) is 0 Å². The molecular formula is C25H21F3N2O2. The SMILES string of the molecule is COCC1C=CC=C(N(C(=O)c2ccccc2C(F)(F)F)c2cccc3cccnc23)C1. The van der Waals surface area contributed by atoms with E-state index >= 15 is 0 Å². The van der Waals surface area contributed by atoms with Crippen LogP contribution in [-0.4, -0.2) is 24.6 Å². The summed E-state index contributed by atoms with van der Waals surface area (Å²) in [6, 6.07) is 13.8. The van der Waals surface area contributed by atoms with E-state index in [1.165, 1.54) is 23.1 Å². The van der Waals surface area contributed by atoms with Crippen LogP contribution in [0.3, 0.4) is 0 Å².